The van der Waals surface area contributed by atoms with Crippen molar-refractivity contribution >= 4 is 12.1 Å². The highest BCUT2D eigenvalue weighted by Gasteiger charge is 2.25. The summed E-state index contributed by atoms with van der Waals surface area (Å²) in [5.74, 6) is -0.419. The zero-order chi connectivity index (χ0) is 18.5. The van der Waals surface area contributed by atoms with Gasteiger partial charge in [-0.15, -0.1) is 0 Å². The Morgan fingerprint density at radius 1 is 1.08 bits per heavy atom. The monoisotopic (exact) mass is 335 g/mol. The molecule has 1 aromatic rings. The topological polar surface area (TPSA) is 64.6 Å². The second-order valence-corrected chi connectivity index (χ2v) is 7.16. The van der Waals surface area contributed by atoms with Crippen molar-refractivity contribution in [2.24, 2.45) is 0 Å². The molecule has 0 aliphatic heterocycles. The maximum Gasteiger partial charge on any atom is 0.408 e. The number of aryl methyl sites for hydroxylation is 1. The first-order valence-corrected chi connectivity index (χ1v) is 8.27. The van der Waals surface area contributed by atoms with E-state index < -0.39 is 23.7 Å². The first-order chi connectivity index (χ1) is 11.0. The Labute approximate surface area is 144 Å². The van der Waals surface area contributed by atoms with E-state index in [4.69, 9.17) is 9.47 Å². The Bertz CT molecular complexity index is 577. The summed E-state index contributed by atoms with van der Waals surface area (Å²) in [5, 5.41) is 2.50. The van der Waals surface area contributed by atoms with Gasteiger partial charge in [0.15, 0.2) is 0 Å². The molecule has 3 atom stereocenters. The van der Waals surface area contributed by atoms with Gasteiger partial charge in [0.25, 0.3) is 0 Å². The van der Waals surface area contributed by atoms with Crippen LogP contribution in [0, 0.1) is 6.92 Å². The van der Waals surface area contributed by atoms with Gasteiger partial charge in [-0.05, 0) is 52.7 Å². The number of amides is 1. The predicted molar refractivity (Wildman–Crippen MR) is 94.0 cm³/mol. The summed E-state index contributed by atoms with van der Waals surface area (Å²) in [4.78, 5) is 23.9. The highest BCUT2D eigenvalue weighted by atomic mass is 16.6. The standard InChI is InChI=1S/C19H29NO4/c1-12-10-8-9-11-16(12)13(2)15(4)23-17(21)14(3)20-18(22)24-19(5,6)7/h8-11,13-15H,1-7H3,(H,20,22)/t13-,14+,15-/m1/s1. The molecule has 5 nitrogen and oxygen atoms in total. The first-order valence-electron chi connectivity index (χ1n) is 8.27. The Hall–Kier alpha value is -2.04. The maximum atomic E-state index is 12.2. The van der Waals surface area contributed by atoms with Crippen molar-refractivity contribution in [2.75, 3.05) is 0 Å². The van der Waals surface area contributed by atoms with E-state index in [0.717, 1.165) is 11.1 Å². The summed E-state index contributed by atoms with van der Waals surface area (Å²) in [6.45, 7) is 12.8. The molecule has 1 N–H and O–H groups in total. The van der Waals surface area contributed by atoms with E-state index in [0.29, 0.717) is 0 Å². The number of hydrogen-bond donors (Lipinski definition) is 1. The molecule has 24 heavy (non-hydrogen) atoms. The molecule has 0 fully saturated rings. The third-order valence-corrected chi connectivity index (χ3v) is 3.77. The van der Waals surface area contributed by atoms with Gasteiger partial charge in [-0.3, -0.25) is 0 Å². The Morgan fingerprint density at radius 2 is 1.67 bits per heavy atom. The molecule has 0 saturated carbocycles. The van der Waals surface area contributed by atoms with Crippen molar-refractivity contribution in [3.63, 3.8) is 0 Å². The van der Waals surface area contributed by atoms with E-state index in [1.165, 1.54) is 0 Å². The zero-order valence-electron chi connectivity index (χ0n) is 15.7. The van der Waals surface area contributed by atoms with Crippen LogP contribution in [0.1, 0.15) is 58.6 Å². The van der Waals surface area contributed by atoms with Crippen LogP contribution >= 0.6 is 0 Å². The van der Waals surface area contributed by atoms with Crippen LogP contribution in [0.15, 0.2) is 24.3 Å². The molecule has 0 unspecified atom stereocenters. The molecule has 0 aromatic heterocycles. The second-order valence-electron chi connectivity index (χ2n) is 7.16. The number of carbonyl (C=O) groups is 2. The van der Waals surface area contributed by atoms with Crippen LogP contribution in [0.25, 0.3) is 0 Å². The predicted octanol–water partition coefficient (Wildman–Crippen LogP) is 3.94. The van der Waals surface area contributed by atoms with Gasteiger partial charge >= 0.3 is 12.1 Å². The minimum absolute atomic E-state index is 0.0591. The fourth-order valence-electron chi connectivity index (χ4n) is 2.28. The number of carbonyl (C=O) groups excluding carboxylic acids is 2. The molecule has 134 valence electrons. The van der Waals surface area contributed by atoms with Gasteiger partial charge in [0.1, 0.15) is 17.7 Å². The largest absolute Gasteiger partial charge is 0.461 e. The van der Waals surface area contributed by atoms with E-state index >= 15 is 0 Å². The van der Waals surface area contributed by atoms with Crippen LogP contribution in [0.5, 0.6) is 0 Å². The van der Waals surface area contributed by atoms with Crippen LogP contribution < -0.4 is 5.32 Å². The Morgan fingerprint density at radius 3 is 2.21 bits per heavy atom. The molecular formula is C19H29NO4. The van der Waals surface area contributed by atoms with Crippen molar-refractivity contribution in [3.05, 3.63) is 35.4 Å². The Balaban J connectivity index is 2.60. The zero-order valence-corrected chi connectivity index (χ0v) is 15.7. The highest BCUT2D eigenvalue weighted by Crippen LogP contribution is 2.24. The maximum absolute atomic E-state index is 12.2. The Kier molecular flexibility index (Phi) is 6.81. The third kappa shape index (κ3) is 6.22. The lowest BCUT2D eigenvalue weighted by atomic mass is 9.92. The van der Waals surface area contributed by atoms with Gasteiger partial charge in [0, 0.05) is 5.92 Å². The molecule has 0 radical (unpaired) electrons. The van der Waals surface area contributed by atoms with Gasteiger partial charge in [-0.2, -0.15) is 0 Å². The van der Waals surface area contributed by atoms with Crippen LogP contribution in [-0.4, -0.2) is 29.8 Å². The lowest BCUT2D eigenvalue weighted by Crippen LogP contribution is -2.43. The molecule has 5 heteroatoms. The van der Waals surface area contributed by atoms with Gasteiger partial charge in [0.2, 0.25) is 0 Å². The normalized spacial score (nSPS) is 15.1. The number of nitrogens with one attached hydrogen (secondary N) is 1. The summed E-state index contributed by atoms with van der Waals surface area (Å²) in [7, 11) is 0. The summed E-state index contributed by atoms with van der Waals surface area (Å²) >= 11 is 0. The summed E-state index contributed by atoms with van der Waals surface area (Å²) in [5.41, 5.74) is 1.69. The van der Waals surface area contributed by atoms with Crippen molar-refractivity contribution < 1.29 is 19.1 Å². The molecule has 0 aliphatic carbocycles. The number of rotatable bonds is 5. The van der Waals surface area contributed by atoms with Gasteiger partial charge < -0.3 is 14.8 Å². The van der Waals surface area contributed by atoms with Crippen LogP contribution in [0.4, 0.5) is 4.79 Å². The SMILES string of the molecule is Cc1ccccc1[C@H](C)[C@@H](C)OC(=O)[C@H](C)NC(=O)OC(C)(C)C. The first kappa shape index (κ1) is 20.0. The van der Waals surface area contributed by atoms with Crippen LogP contribution in [0.2, 0.25) is 0 Å². The van der Waals surface area contributed by atoms with Gasteiger partial charge in [-0.1, -0.05) is 31.2 Å². The van der Waals surface area contributed by atoms with Gasteiger partial charge in [0.05, 0.1) is 0 Å². The van der Waals surface area contributed by atoms with E-state index in [-0.39, 0.29) is 12.0 Å². The quantitative estimate of drug-likeness (QED) is 0.828. The molecule has 1 rings (SSSR count). The fourth-order valence-corrected chi connectivity index (χ4v) is 2.28. The van der Waals surface area contributed by atoms with Crippen molar-refractivity contribution in [1.29, 1.82) is 0 Å². The molecule has 0 saturated heterocycles. The number of esters is 1. The highest BCUT2D eigenvalue weighted by molar-refractivity contribution is 5.81. The summed E-state index contributed by atoms with van der Waals surface area (Å²) in [6, 6.07) is 7.25. The van der Waals surface area contributed by atoms with Crippen molar-refractivity contribution in [2.45, 2.75) is 72.1 Å². The lowest BCUT2D eigenvalue weighted by Gasteiger charge is -2.25. The second kappa shape index (κ2) is 8.18. The third-order valence-electron chi connectivity index (χ3n) is 3.77. The summed E-state index contributed by atoms with van der Waals surface area (Å²) < 4.78 is 10.6. The summed E-state index contributed by atoms with van der Waals surface area (Å²) in [6.07, 6.45) is -0.937. The average molecular weight is 335 g/mol. The van der Waals surface area contributed by atoms with E-state index in [1.54, 1.807) is 27.7 Å². The molecule has 1 aromatic carbocycles. The number of hydrogen-bond acceptors (Lipinski definition) is 4. The lowest BCUT2D eigenvalue weighted by molar-refractivity contribution is -0.151. The van der Waals surface area contributed by atoms with Crippen LogP contribution in [-0.2, 0) is 14.3 Å². The minimum Gasteiger partial charge on any atom is -0.461 e. The molecule has 0 aliphatic rings. The number of ether oxygens (including phenoxy) is 2. The molecule has 0 heterocycles. The van der Waals surface area contributed by atoms with E-state index in [1.807, 2.05) is 45.0 Å². The fraction of sp³-hybridized carbons (Fsp3) is 0.579. The molecule has 1 amide bonds. The number of benzene rings is 1. The average Bonchev–Trinajstić information content (AvgIpc) is 2.44. The molecule has 0 spiro atoms. The van der Waals surface area contributed by atoms with Crippen molar-refractivity contribution in [3.8, 4) is 0 Å². The van der Waals surface area contributed by atoms with E-state index in [2.05, 4.69) is 5.32 Å². The smallest absolute Gasteiger partial charge is 0.408 e. The molecule has 0 bridgehead atoms. The van der Waals surface area contributed by atoms with E-state index in [9.17, 15) is 9.59 Å². The molecular weight excluding hydrogens is 306 g/mol. The van der Waals surface area contributed by atoms with Gasteiger partial charge in [-0.25, -0.2) is 9.59 Å². The minimum atomic E-state index is -0.772. The van der Waals surface area contributed by atoms with Crippen molar-refractivity contribution in [1.82, 2.24) is 5.32 Å². The van der Waals surface area contributed by atoms with Crippen LogP contribution in [0.3, 0.4) is 0 Å². The number of alkyl carbamates (subject to hydrolysis) is 1.